The maximum absolute atomic E-state index is 12.5. The molecule has 229 valence electrons. The van der Waals surface area contributed by atoms with E-state index in [4.69, 9.17) is 4.74 Å². The van der Waals surface area contributed by atoms with Crippen molar-refractivity contribution in [3.63, 3.8) is 0 Å². The third-order valence-electron chi connectivity index (χ3n) is 5.51. The van der Waals surface area contributed by atoms with Crippen LogP contribution in [0.1, 0.15) is 43.0 Å². The Morgan fingerprint density at radius 1 is 0.864 bits per heavy atom. The molecule has 0 spiro atoms. The quantitative estimate of drug-likeness (QED) is 0.0911. The minimum Gasteiger partial charge on any atom is -0.443 e. The number of pyridine rings is 2. The maximum atomic E-state index is 12.5. The van der Waals surface area contributed by atoms with Crippen LogP contribution < -0.4 is 10.2 Å². The van der Waals surface area contributed by atoms with Gasteiger partial charge in [0.05, 0.1) is 6.54 Å². The van der Waals surface area contributed by atoms with Crippen LogP contribution in [0, 0.1) is 13.8 Å². The Hall–Kier alpha value is -4.34. The van der Waals surface area contributed by atoms with Crippen molar-refractivity contribution in [2.75, 3.05) is 16.7 Å². The van der Waals surface area contributed by atoms with Crippen LogP contribution in [0.5, 0.6) is 0 Å². The zero-order chi connectivity index (χ0) is 32.2. The first kappa shape index (κ1) is 35.9. The number of aryl methyl sites for hydroxylation is 2. The van der Waals surface area contributed by atoms with Gasteiger partial charge in [0.2, 0.25) is 0 Å². The average molecular weight is 595 g/mol. The number of carbonyl (C=O) groups is 1. The molecule has 0 aliphatic carbocycles. The van der Waals surface area contributed by atoms with Gasteiger partial charge >= 0.3 is 48.5 Å². The summed E-state index contributed by atoms with van der Waals surface area (Å²) < 4.78 is 15.0. The predicted octanol–water partition coefficient (Wildman–Crippen LogP) is 6.94. The topological polar surface area (TPSA) is 103 Å². The summed E-state index contributed by atoms with van der Waals surface area (Å²) in [6, 6.07) is 27.9. The Balaban J connectivity index is 0.000000264. The molecule has 1 radical (unpaired) electrons. The summed E-state index contributed by atoms with van der Waals surface area (Å²) in [4.78, 5) is 31.1. The van der Waals surface area contributed by atoms with Crippen molar-refractivity contribution in [2.24, 2.45) is 0 Å². The summed E-state index contributed by atoms with van der Waals surface area (Å²) in [5, 5.41) is 3.29. The Bertz CT molecular complexity index is 1390. The molecule has 2 heterocycles. The first-order valence-corrected chi connectivity index (χ1v) is 14.3. The summed E-state index contributed by atoms with van der Waals surface area (Å²) in [5.41, 5.74) is 4.01. The van der Waals surface area contributed by atoms with Gasteiger partial charge in [0.15, 0.2) is 0 Å². The van der Waals surface area contributed by atoms with E-state index >= 15 is 0 Å². The van der Waals surface area contributed by atoms with E-state index in [1.165, 1.54) is 18.6 Å². The second-order valence-electron chi connectivity index (χ2n) is 10.6. The maximum Gasteiger partial charge on any atom is 0.416 e. The van der Waals surface area contributed by atoms with Gasteiger partial charge < -0.3 is 10.1 Å². The molecule has 44 heavy (non-hydrogen) atoms. The van der Waals surface area contributed by atoms with Crippen LogP contribution in [0.2, 0.25) is 6.82 Å². The number of carbonyl (C=O) groups excluding carboxylic acids is 1. The number of benzene rings is 2. The standard InChI is InChI=1S/C18H22N2O2.C13H14N2.C2H5B2O3/c1-14-10-11-19-16(12-14)20(17(21)22-18(2,3)4)13-15-8-6-5-7-9-15;1-11-7-8-14-13(9-11)15-10-12-5-3-2-4-6-12;1-3-7-6-2-4-5/h5-12H,13H2,1-4H3;2-9H,10H2,1H3,(H,14,15);2H2,1H3. The second kappa shape index (κ2) is 19.8. The van der Waals surface area contributed by atoms with Gasteiger partial charge in [-0.15, -0.1) is 0 Å². The molecule has 11 heteroatoms. The smallest absolute Gasteiger partial charge is 0.416 e. The zero-order valence-electron chi connectivity index (χ0n) is 26.4. The number of nitrogens with zero attached hydrogens (tertiary/aromatic N) is 3. The molecule has 9 nitrogen and oxygen atoms in total. The fourth-order valence-electron chi connectivity index (χ4n) is 3.55. The van der Waals surface area contributed by atoms with Crippen LogP contribution in [0.4, 0.5) is 16.4 Å². The Morgan fingerprint density at radius 3 is 2.00 bits per heavy atom. The molecule has 2 aromatic heterocycles. The molecule has 0 aliphatic heterocycles. The van der Waals surface area contributed by atoms with Crippen LogP contribution in [0.3, 0.4) is 0 Å². The molecule has 1 amide bonds. The van der Waals surface area contributed by atoms with Gasteiger partial charge in [0, 0.05) is 18.9 Å². The molecule has 4 rings (SSSR count). The number of rotatable bonds is 10. The molecule has 2 aromatic carbocycles. The van der Waals surface area contributed by atoms with Crippen LogP contribution in [-0.4, -0.2) is 42.8 Å². The van der Waals surface area contributed by atoms with Crippen LogP contribution in [-0.2, 0) is 32.2 Å². The van der Waals surface area contributed by atoms with Gasteiger partial charge in [-0.25, -0.2) is 14.8 Å². The fraction of sp³-hybridized carbons (Fsp3) is 0.303. The van der Waals surface area contributed by atoms with Crippen molar-refractivity contribution in [3.05, 3.63) is 120 Å². The van der Waals surface area contributed by atoms with E-state index in [2.05, 4.69) is 44.0 Å². The first-order valence-electron chi connectivity index (χ1n) is 14.3. The Labute approximate surface area is 262 Å². The average Bonchev–Trinajstić information content (AvgIpc) is 3.00. The SMILES string of the molecule is C[B]OOCB=O.Cc1ccnc(N(Cc2ccccc2)C(=O)OC(C)(C)C)c1.Cc1ccnc(NCc2ccccc2)c1. The number of nitrogens with one attached hydrogen (secondary N) is 1. The minimum atomic E-state index is -0.546. The molecule has 0 fully saturated rings. The van der Waals surface area contributed by atoms with E-state index in [-0.39, 0.29) is 6.51 Å². The molecule has 0 saturated carbocycles. The summed E-state index contributed by atoms with van der Waals surface area (Å²) in [7, 11) is 1.97. The summed E-state index contributed by atoms with van der Waals surface area (Å²) in [5.74, 6) is 1.52. The number of hydrogen-bond donors (Lipinski definition) is 1. The molecular weight excluding hydrogens is 554 g/mol. The van der Waals surface area contributed by atoms with Crippen molar-refractivity contribution in [3.8, 4) is 0 Å². The zero-order valence-corrected chi connectivity index (χ0v) is 26.4. The van der Waals surface area contributed by atoms with Crippen LogP contribution >= 0.6 is 0 Å². The first-order chi connectivity index (χ1) is 21.1. The van der Waals surface area contributed by atoms with Crippen molar-refractivity contribution in [1.82, 2.24) is 9.97 Å². The molecule has 0 unspecified atom stereocenters. The van der Waals surface area contributed by atoms with E-state index in [0.717, 1.165) is 23.5 Å². The van der Waals surface area contributed by atoms with Crippen LogP contribution in [0.15, 0.2) is 97.3 Å². The van der Waals surface area contributed by atoms with Gasteiger partial charge in [0.25, 0.3) is 0 Å². The van der Waals surface area contributed by atoms with Crippen LogP contribution in [0.25, 0.3) is 0 Å². The summed E-state index contributed by atoms with van der Waals surface area (Å²) in [6.07, 6.45) is 3.13. The predicted molar refractivity (Wildman–Crippen MR) is 176 cm³/mol. The molecule has 0 bridgehead atoms. The third kappa shape index (κ3) is 15.2. The monoisotopic (exact) mass is 595 g/mol. The van der Waals surface area contributed by atoms with Gasteiger partial charge in [-0.05, 0) is 81.1 Å². The number of amides is 1. The van der Waals surface area contributed by atoms with Gasteiger partial charge in [-0.2, -0.15) is 0 Å². The van der Waals surface area contributed by atoms with E-state index < -0.39 is 11.7 Å². The van der Waals surface area contributed by atoms with E-state index in [9.17, 15) is 9.50 Å². The van der Waals surface area contributed by atoms with E-state index in [1.54, 1.807) is 17.9 Å². The molecule has 0 aliphatic rings. The Morgan fingerprint density at radius 2 is 1.45 bits per heavy atom. The minimum absolute atomic E-state index is 0.00958. The summed E-state index contributed by atoms with van der Waals surface area (Å²) in [6.45, 7) is 12.5. The fourth-order valence-corrected chi connectivity index (χ4v) is 3.55. The number of hydrogen-bond acceptors (Lipinski definition) is 8. The molecule has 4 aromatic rings. The van der Waals surface area contributed by atoms with Crippen molar-refractivity contribution in [2.45, 2.75) is 60.1 Å². The molecule has 1 N–H and O–H groups in total. The number of aromatic nitrogens is 2. The van der Waals surface area contributed by atoms with Crippen molar-refractivity contribution >= 4 is 32.4 Å². The van der Waals surface area contributed by atoms with Gasteiger partial charge in [-0.3, -0.25) is 4.90 Å². The van der Waals surface area contributed by atoms with E-state index in [1.807, 2.05) is 107 Å². The summed E-state index contributed by atoms with van der Waals surface area (Å²) >= 11 is 0. The van der Waals surface area contributed by atoms with Gasteiger partial charge in [-0.1, -0.05) is 60.7 Å². The second-order valence-corrected chi connectivity index (χ2v) is 10.6. The van der Waals surface area contributed by atoms with E-state index in [0.29, 0.717) is 19.5 Å². The molecule has 0 saturated heterocycles. The largest absolute Gasteiger partial charge is 0.443 e. The van der Waals surface area contributed by atoms with Gasteiger partial charge in [0.1, 0.15) is 17.2 Å². The van der Waals surface area contributed by atoms with Crippen molar-refractivity contribution < 1.29 is 23.9 Å². The molecule has 0 atom stereocenters. The number of anilines is 2. The Kier molecular flexibility index (Phi) is 16.1. The van der Waals surface area contributed by atoms with Crippen molar-refractivity contribution in [1.29, 1.82) is 0 Å². The number of ether oxygens (including phenoxy) is 1. The third-order valence-corrected chi connectivity index (χ3v) is 5.51. The normalized spacial score (nSPS) is 10.1. The molecular formula is C33H41B2N4O5.